The molecule has 8 heteroatoms. The third kappa shape index (κ3) is 6.78. The van der Waals surface area contributed by atoms with Gasteiger partial charge in [0.15, 0.2) is 10.9 Å². The van der Waals surface area contributed by atoms with Crippen molar-refractivity contribution in [2.75, 3.05) is 5.75 Å². The van der Waals surface area contributed by atoms with E-state index in [9.17, 15) is 14.0 Å². The third-order valence-electron chi connectivity index (χ3n) is 3.88. The normalized spacial score (nSPS) is 11.1. The SMILES string of the molecule is CC(C)Cn1c(CCC(N)=O)nnc1SCCCC(=O)c1ccc(F)cc1. The highest BCUT2D eigenvalue weighted by Gasteiger charge is 2.15. The van der Waals surface area contributed by atoms with Gasteiger partial charge >= 0.3 is 0 Å². The number of aryl methyl sites for hydroxylation is 1. The summed E-state index contributed by atoms with van der Waals surface area (Å²) in [5, 5.41) is 9.21. The molecule has 146 valence electrons. The Morgan fingerprint density at radius 3 is 2.52 bits per heavy atom. The average Bonchev–Trinajstić information content (AvgIpc) is 2.98. The van der Waals surface area contributed by atoms with Gasteiger partial charge in [-0.25, -0.2) is 4.39 Å². The van der Waals surface area contributed by atoms with E-state index < -0.39 is 0 Å². The number of carbonyl (C=O) groups is 2. The lowest BCUT2D eigenvalue weighted by molar-refractivity contribution is -0.118. The van der Waals surface area contributed by atoms with E-state index in [0.29, 0.717) is 30.7 Å². The molecule has 0 spiro atoms. The number of nitrogens with zero attached hydrogens (tertiary/aromatic N) is 3. The first-order valence-corrected chi connectivity index (χ1v) is 9.97. The second-order valence-corrected chi connectivity index (χ2v) is 7.81. The summed E-state index contributed by atoms with van der Waals surface area (Å²) >= 11 is 1.54. The fraction of sp³-hybridized carbons (Fsp3) is 0.474. The van der Waals surface area contributed by atoms with Gasteiger partial charge in [-0.3, -0.25) is 9.59 Å². The molecule has 1 heterocycles. The van der Waals surface area contributed by atoms with E-state index in [1.54, 1.807) is 11.8 Å². The zero-order valence-electron chi connectivity index (χ0n) is 15.7. The van der Waals surface area contributed by atoms with Gasteiger partial charge in [-0.15, -0.1) is 10.2 Å². The lowest BCUT2D eigenvalue weighted by atomic mass is 10.1. The number of nitrogens with two attached hydrogens (primary N) is 1. The standard InChI is InChI=1S/C19H25FN4O2S/c1-13(2)12-24-18(10-9-17(21)26)22-23-19(24)27-11-3-4-16(25)14-5-7-15(20)8-6-14/h5-8,13H,3-4,9-12H2,1-2H3,(H2,21,26). The van der Waals surface area contributed by atoms with Gasteiger partial charge < -0.3 is 10.3 Å². The Morgan fingerprint density at radius 1 is 1.19 bits per heavy atom. The first-order valence-electron chi connectivity index (χ1n) is 8.98. The van der Waals surface area contributed by atoms with Crippen LogP contribution in [0.3, 0.4) is 0 Å². The molecule has 6 nitrogen and oxygen atoms in total. The maximum atomic E-state index is 12.9. The lowest BCUT2D eigenvalue weighted by Crippen LogP contribution is -2.15. The molecule has 2 N–H and O–H groups in total. The maximum Gasteiger partial charge on any atom is 0.217 e. The van der Waals surface area contributed by atoms with Crippen molar-refractivity contribution in [1.82, 2.24) is 14.8 Å². The van der Waals surface area contributed by atoms with Gasteiger partial charge in [-0.1, -0.05) is 25.6 Å². The van der Waals surface area contributed by atoms with Gasteiger partial charge in [0.2, 0.25) is 5.91 Å². The van der Waals surface area contributed by atoms with Crippen molar-refractivity contribution in [1.29, 1.82) is 0 Å². The predicted molar refractivity (Wildman–Crippen MR) is 103 cm³/mol. The molecule has 0 aliphatic carbocycles. The molecular formula is C19H25FN4O2S. The van der Waals surface area contributed by atoms with Crippen molar-refractivity contribution in [3.05, 3.63) is 41.5 Å². The highest BCUT2D eigenvalue weighted by atomic mass is 32.2. The second-order valence-electron chi connectivity index (χ2n) is 6.75. The topological polar surface area (TPSA) is 90.9 Å². The molecule has 0 unspecified atom stereocenters. The van der Waals surface area contributed by atoms with Gasteiger partial charge in [-0.2, -0.15) is 0 Å². The first kappa shape index (κ1) is 21.1. The smallest absolute Gasteiger partial charge is 0.217 e. The molecule has 0 aliphatic heterocycles. The van der Waals surface area contributed by atoms with Gasteiger partial charge in [0, 0.05) is 37.1 Å². The van der Waals surface area contributed by atoms with Crippen molar-refractivity contribution in [3.8, 4) is 0 Å². The van der Waals surface area contributed by atoms with E-state index in [2.05, 4.69) is 24.0 Å². The van der Waals surface area contributed by atoms with Crippen LogP contribution in [0.2, 0.25) is 0 Å². The minimum absolute atomic E-state index is 0.00129. The molecule has 2 aromatic rings. The molecule has 1 aromatic heterocycles. The largest absolute Gasteiger partial charge is 0.370 e. The number of thioether (sulfide) groups is 1. The van der Waals surface area contributed by atoms with E-state index in [1.165, 1.54) is 24.3 Å². The van der Waals surface area contributed by atoms with Crippen molar-refractivity contribution < 1.29 is 14.0 Å². The second kappa shape index (κ2) is 10.2. The van der Waals surface area contributed by atoms with Crippen LogP contribution in [-0.4, -0.2) is 32.2 Å². The van der Waals surface area contributed by atoms with Crippen LogP contribution < -0.4 is 5.73 Å². The molecule has 27 heavy (non-hydrogen) atoms. The highest BCUT2D eigenvalue weighted by Crippen LogP contribution is 2.21. The van der Waals surface area contributed by atoms with E-state index in [1.807, 2.05) is 4.57 Å². The number of ketones is 1. The average molecular weight is 393 g/mol. The van der Waals surface area contributed by atoms with Crippen LogP contribution in [0.25, 0.3) is 0 Å². The minimum atomic E-state index is -0.359. The monoisotopic (exact) mass is 392 g/mol. The molecule has 1 aromatic carbocycles. The van der Waals surface area contributed by atoms with Crippen LogP contribution in [0.1, 0.15) is 49.3 Å². The van der Waals surface area contributed by atoms with Crippen molar-refractivity contribution in [2.24, 2.45) is 11.7 Å². The van der Waals surface area contributed by atoms with Crippen LogP contribution in [0.4, 0.5) is 4.39 Å². The molecule has 0 radical (unpaired) electrons. The summed E-state index contributed by atoms with van der Waals surface area (Å²) in [6.07, 6.45) is 1.79. The summed E-state index contributed by atoms with van der Waals surface area (Å²) in [6.45, 7) is 4.97. The summed E-state index contributed by atoms with van der Waals surface area (Å²) in [6, 6.07) is 5.61. The molecule has 0 bridgehead atoms. The van der Waals surface area contributed by atoms with Gasteiger partial charge in [0.1, 0.15) is 11.6 Å². The predicted octanol–water partition coefficient (Wildman–Crippen LogP) is 3.25. The summed E-state index contributed by atoms with van der Waals surface area (Å²) in [5.74, 6) is 1.18. The number of benzene rings is 1. The zero-order chi connectivity index (χ0) is 19.8. The Kier molecular flexibility index (Phi) is 7.97. The number of rotatable bonds is 11. The number of Topliss-reactive ketones (excluding diaryl/α,β-unsaturated/α-hetero) is 1. The minimum Gasteiger partial charge on any atom is -0.370 e. The van der Waals surface area contributed by atoms with Gasteiger partial charge in [0.05, 0.1) is 0 Å². The van der Waals surface area contributed by atoms with Crippen LogP contribution in [0.15, 0.2) is 29.4 Å². The summed E-state index contributed by atoms with van der Waals surface area (Å²) in [5.41, 5.74) is 5.75. The van der Waals surface area contributed by atoms with E-state index >= 15 is 0 Å². The molecule has 1 amide bonds. The zero-order valence-corrected chi connectivity index (χ0v) is 16.5. The fourth-order valence-electron chi connectivity index (χ4n) is 2.57. The Morgan fingerprint density at radius 2 is 1.89 bits per heavy atom. The maximum absolute atomic E-state index is 12.9. The Bertz CT molecular complexity index is 775. The molecule has 0 saturated heterocycles. The number of aromatic nitrogens is 3. The summed E-state index contributed by atoms with van der Waals surface area (Å²) < 4.78 is 14.9. The van der Waals surface area contributed by atoms with E-state index in [-0.39, 0.29) is 23.9 Å². The van der Waals surface area contributed by atoms with Crippen LogP contribution >= 0.6 is 11.8 Å². The first-order chi connectivity index (χ1) is 12.9. The van der Waals surface area contributed by atoms with Crippen molar-refractivity contribution in [3.63, 3.8) is 0 Å². The number of halogens is 1. The fourth-order valence-corrected chi connectivity index (χ4v) is 3.48. The number of hydrogen-bond acceptors (Lipinski definition) is 5. The molecule has 0 aliphatic rings. The van der Waals surface area contributed by atoms with Crippen molar-refractivity contribution in [2.45, 2.75) is 51.2 Å². The van der Waals surface area contributed by atoms with E-state index in [4.69, 9.17) is 5.73 Å². The quantitative estimate of drug-likeness (QED) is 0.360. The van der Waals surface area contributed by atoms with E-state index in [0.717, 1.165) is 23.3 Å². The Labute approximate surface area is 162 Å². The third-order valence-corrected chi connectivity index (χ3v) is 4.93. The Hall–Kier alpha value is -2.22. The number of carbonyl (C=O) groups excluding carboxylic acids is 2. The number of amides is 1. The molecule has 0 saturated carbocycles. The highest BCUT2D eigenvalue weighted by molar-refractivity contribution is 7.99. The lowest BCUT2D eigenvalue weighted by Gasteiger charge is -2.12. The molecular weight excluding hydrogens is 367 g/mol. The van der Waals surface area contributed by atoms with Crippen molar-refractivity contribution >= 4 is 23.5 Å². The summed E-state index contributed by atoms with van der Waals surface area (Å²) in [4.78, 5) is 23.2. The molecule has 0 fully saturated rings. The van der Waals surface area contributed by atoms with Gasteiger partial charge in [-0.05, 0) is 36.6 Å². The number of primary amides is 1. The van der Waals surface area contributed by atoms with Crippen LogP contribution in [0, 0.1) is 11.7 Å². The Balaban J connectivity index is 1.89. The molecule has 2 rings (SSSR count). The summed E-state index contributed by atoms with van der Waals surface area (Å²) in [7, 11) is 0. The number of hydrogen-bond donors (Lipinski definition) is 1. The van der Waals surface area contributed by atoms with Crippen LogP contribution in [0.5, 0.6) is 0 Å². The molecule has 0 atom stereocenters. The van der Waals surface area contributed by atoms with Crippen LogP contribution in [-0.2, 0) is 17.8 Å². The van der Waals surface area contributed by atoms with Gasteiger partial charge in [0.25, 0.3) is 0 Å².